The van der Waals surface area contributed by atoms with E-state index in [1.807, 2.05) is 13.8 Å². The first-order valence-electron chi connectivity index (χ1n) is 1.00. The van der Waals surface area contributed by atoms with Crippen LogP contribution in [0.5, 0.6) is 0 Å². The van der Waals surface area contributed by atoms with E-state index in [1.165, 1.54) is 0 Å². The Kier molecular flexibility index (Phi) is 88.1. The molecular formula is C2H6Hg2. The molecule has 0 saturated heterocycles. The van der Waals surface area contributed by atoms with Gasteiger partial charge in [0.2, 0.25) is 0 Å². The van der Waals surface area contributed by atoms with E-state index >= 15 is 0 Å². The SMILES string of the molecule is CC.[Hg].[Hg]. The molecule has 4 heavy (non-hydrogen) atoms. The van der Waals surface area contributed by atoms with Gasteiger partial charge >= 0.3 is 0 Å². The van der Waals surface area contributed by atoms with Crippen molar-refractivity contribution < 1.29 is 55.3 Å². The van der Waals surface area contributed by atoms with E-state index in [9.17, 15) is 0 Å². The van der Waals surface area contributed by atoms with Crippen LogP contribution in [-0.2, 0) is 55.3 Å². The number of hydrogen-bond acceptors (Lipinski definition) is 0. The Morgan fingerprint density at radius 3 is 0.750 bits per heavy atom. The number of hydrogen-bond donors (Lipinski definition) is 0. The molecule has 0 aliphatic carbocycles. The van der Waals surface area contributed by atoms with Crippen LogP contribution in [0.2, 0.25) is 0 Å². The Labute approximate surface area is 68.4 Å². The zero-order valence-corrected chi connectivity index (χ0v) is 14.4. The summed E-state index contributed by atoms with van der Waals surface area (Å²) < 4.78 is 0. The normalized spacial score (nSPS) is 1.50. The molecule has 0 fully saturated rings. The summed E-state index contributed by atoms with van der Waals surface area (Å²) in [7, 11) is 0. The second kappa shape index (κ2) is 20.9. The summed E-state index contributed by atoms with van der Waals surface area (Å²) in [5.74, 6) is 0. The van der Waals surface area contributed by atoms with Gasteiger partial charge < -0.3 is 0 Å². The van der Waals surface area contributed by atoms with E-state index in [0.717, 1.165) is 0 Å². The summed E-state index contributed by atoms with van der Waals surface area (Å²) in [5.41, 5.74) is 0. The molecule has 0 saturated carbocycles. The van der Waals surface area contributed by atoms with Crippen molar-refractivity contribution in [3.8, 4) is 0 Å². The maximum atomic E-state index is 2.00. The molecule has 18 valence electrons. The molecule has 0 aromatic carbocycles. The van der Waals surface area contributed by atoms with Crippen molar-refractivity contribution in [1.29, 1.82) is 0 Å². The van der Waals surface area contributed by atoms with Gasteiger partial charge in [-0.05, 0) is 0 Å². The molecule has 0 heterocycles. The summed E-state index contributed by atoms with van der Waals surface area (Å²) in [6.45, 7) is 4.00. The van der Waals surface area contributed by atoms with Crippen LogP contribution in [0.3, 0.4) is 0 Å². The smallest absolute Gasteiger partial charge is 0 e. The van der Waals surface area contributed by atoms with Gasteiger partial charge in [0.25, 0.3) is 0 Å². The molecule has 0 spiro atoms. The quantitative estimate of drug-likeness (QED) is 0.503. The maximum Gasteiger partial charge on any atom is 0 e. The van der Waals surface area contributed by atoms with Gasteiger partial charge in [0.15, 0.2) is 0 Å². The summed E-state index contributed by atoms with van der Waals surface area (Å²) in [6.07, 6.45) is 0. The molecule has 0 rings (SSSR count). The van der Waals surface area contributed by atoms with Gasteiger partial charge in [0.1, 0.15) is 0 Å². The Hall–Kier alpha value is 1.87. The average molecular weight is 431 g/mol. The van der Waals surface area contributed by atoms with Gasteiger partial charge in [-0.15, -0.1) is 0 Å². The van der Waals surface area contributed by atoms with Crippen molar-refractivity contribution in [2.75, 3.05) is 0 Å². The van der Waals surface area contributed by atoms with E-state index < -0.39 is 0 Å². The Balaban J connectivity index is -0.00000000500. The van der Waals surface area contributed by atoms with Gasteiger partial charge in [0.05, 0.1) is 0 Å². The molecule has 0 aliphatic rings. The van der Waals surface area contributed by atoms with Gasteiger partial charge in [-0.3, -0.25) is 0 Å². The summed E-state index contributed by atoms with van der Waals surface area (Å²) in [4.78, 5) is 0. The number of rotatable bonds is 0. The average Bonchev–Trinajstić information content (AvgIpc) is 1.00. The van der Waals surface area contributed by atoms with E-state index in [2.05, 4.69) is 0 Å². The minimum absolute atomic E-state index is 0. The zero-order chi connectivity index (χ0) is 2.00. The Morgan fingerprint density at radius 2 is 0.750 bits per heavy atom. The van der Waals surface area contributed by atoms with Crippen molar-refractivity contribution in [2.24, 2.45) is 0 Å². The molecule has 0 aromatic heterocycles. The summed E-state index contributed by atoms with van der Waals surface area (Å²) in [6, 6.07) is 0. The molecule has 0 N–H and O–H groups in total. The van der Waals surface area contributed by atoms with Crippen LogP contribution in [0.4, 0.5) is 0 Å². The van der Waals surface area contributed by atoms with Gasteiger partial charge in [0, 0.05) is 55.3 Å². The zero-order valence-electron chi connectivity index (χ0n) is 3.41. The van der Waals surface area contributed by atoms with Crippen LogP contribution in [0.25, 0.3) is 0 Å². The van der Waals surface area contributed by atoms with Gasteiger partial charge in [-0.1, -0.05) is 13.8 Å². The Bertz CT molecular complexity index is 4.00. The summed E-state index contributed by atoms with van der Waals surface area (Å²) >= 11 is 0. The van der Waals surface area contributed by atoms with E-state index in [1.54, 1.807) is 0 Å². The van der Waals surface area contributed by atoms with Gasteiger partial charge in [-0.2, -0.15) is 0 Å². The second-order valence-corrected chi connectivity index (χ2v) is 0. The van der Waals surface area contributed by atoms with E-state index in [0.29, 0.717) is 0 Å². The maximum absolute atomic E-state index is 2.00. The molecular weight excluding hydrogens is 425 g/mol. The predicted molar refractivity (Wildman–Crippen MR) is 11.3 cm³/mol. The minimum Gasteiger partial charge on any atom is -0.0683 e. The first-order valence-corrected chi connectivity index (χ1v) is 1.00. The molecule has 0 unspecified atom stereocenters. The van der Waals surface area contributed by atoms with Crippen LogP contribution in [0, 0.1) is 0 Å². The molecule has 0 aliphatic heterocycles. The molecule has 0 aromatic rings. The Morgan fingerprint density at radius 1 is 0.750 bits per heavy atom. The van der Waals surface area contributed by atoms with Crippen molar-refractivity contribution in [1.82, 2.24) is 0 Å². The van der Waals surface area contributed by atoms with Crippen LogP contribution < -0.4 is 0 Å². The van der Waals surface area contributed by atoms with Crippen LogP contribution >= 0.6 is 0 Å². The largest absolute Gasteiger partial charge is 0.0683 e. The topological polar surface area (TPSA) is 0 Å². The molecule has 0 atom stereocenters. The first kappa shape index (κ1) is 16.9. The second-order valence-electron chi connectivity index (χ2n) is 0. The van der Waals surface area contributed by atoms with E-state index in [-0.39, 0.29) is 55.3 Å². The standard InChI is InChI=1S/C2H6.2Hg/c1-2;;/h1-2H3;;. The molecule has 0 nitrogen and oxygen atoms in total. The van der Waals surface area contributed by atoms with Crippen molar-refractivity contribution >= 4 is 0 Å². The predicted octanol–water partition coefficient (Wildman–Crippen LogP) is 1.02. The molecule has 2 heteroatoms. The van der Waals surface area contributed by atoms with Crippen molar-refractivity contribution in [3.63, 3.8) is 0 Å². The third-order valence-corrected chi connectivity index (χ3v) is 0. The van der Waals surface area contributed by atoms with Crippen LogP contribution in [-0.4, -0.2) is 0 Å². The van der Waals surface area contributed by atoms with Crippen molar-refractivity contribution in [2.45, 2.75) is 13.8 Å². The first-order chi connectivity index (χ1) is 1.00. The van der Waals surface area contributed by atoms with Gasteiger partial charge in [-0.25, -0.2) is 0 Å². The van der Waals surface area contributed by atoms with Crippen molar-refractivity contribution in [3.05, 3.63) is 0 Å². The fourth-order valence-electron chi connectivity index (χ4n) is 0. The van der Waals surface area contributed by atoms with Crippen LogP contribution in [0.1, 0.15) is 13.8 Å². The monoisotopic (exact) mass is 434 g/mol. The molecule has 0 amide bonds. The fraction of sp³-hybridized carbons (Fsp3) is 1.00. The summed E-state index contributed by atoms with van der Waals surface area (Å²) in [5, 5.41) is 0. The minimum atomic E-state index is 0. The fourth-order valence-corrected chi connectivity index (χ4v) is 0. The third kappa shape index (κ3) is 9.12. The third-order valence-electron chi connectivity index (χ3n) is 0. The van der Waals surface area contributed by atoms with Crippen LogP contribution in [0.15, 0.2) is 0 Å². The molecule has 0 radical (unpaired) electrons. The molecule has 0 bridgehead atoms. The van der Waals surface area contributed by atoms with E-state index in [4.69, 9.17) is 0 Å².